The van der Waals surface area contributed by atoms with E-state index < -0.39 is 0 Å². The summed E-state index contributed by atoms with van der Waals surface area (Å²) >= 11 is 1.86. The number of rotatable bonds is 5. The fourth-order valence-electron chi connectivity index (χ4n) is 2.33. The fourth-order valence-corrected chi connectivity index (χ4v) is 3.49. The molecule has 1 aliphatic rings. The first-order chi connectivity index (χ1) is 9.85. The Labute approximate surface area is 122 Å². The first kappa shape index (κ1) is 13.3. The topological polar surface area (TPSA) is 59.9 Å². The summed E-state index contributed by atoms with van der Waals surface area (Å²) in [5, 5.41) is 4.43. The van der Waals surface area contributed by atoms with Gasteiger partial charge in [-0.1, -0.05) is 0 Å². The molecule has 2 aromatic heterocycles. The zero-order valence-corrected chi connectivity index (χ0v) is 12.4. The Morgan fingerprint density at radius 3 is 3.05 bits per heavy atom. The molecule has 0 aromatic carbocycles. The van der Waals surface area contributed by atoms with Gasteiger partial charge in [0.05, 0.1) is 17.8 Å². The van der Waals surface area contributed by atoms with Crippen LogP contribution in [0.1, 0.15) is 28.4 Å². The quantitative estimate of drug-likeness (QED) is 0.916. The molecule has 0 fully saturated rings. The lowest BCUT2D eigenvalue weighted by atomic mass is 10.0. The molecule has 2 aromatic rings. The summed E-state index contributed by atoms with van der Waals surface area (Å²) in [6.45, 7) is 0.791. The van der Waals surface area contributed by atoms with Gasteiger partial charge in [0, 0.05) is 30.1 Å². The third-order valence-electron chi connectivity index (χ3n) is 3.35. The molecule has 0 saturated carbocycles. The third-order valence-corrected chi connectivity index (χ3v) is 4.57. The van der Waals surface area contributed by atoms with Gasteiger partial charge < -0.3 is 10.1 Å². The number of fused-ring (bicyclic) bond motifs is 1. The van der Waals surface area contributed by atoms with Crippen molar-refractivity contribution < 1.29 is 4.74 Å². The smallest absolute Gasteiger partial charge is 0.225 e. The Bertz CT molecular complexity index is 561. The van der Waals surface area contributed by atoms with Crippen LogP contribution in [0.25, 0.3) is 0 Å². The SMILES string of the molecule is COc1ccnc(NCCc2nc3c(s2)CCCC3)n1. The van der Waals surface area contributed by atoms with E-state index in [0.717, 1.165) is 19.4 Å². The van der Waals surface area contributed by atoms with Crippen molar-refractivity contribution in [3.8, 4) is 5.88 Å². The Kier molecular flexibility index (Phi) is 4.11. The minimum atomic E-state index is 0.576. The van der Waals surface area contributed by atoms with Gasteiger partial charge in [0.15, 0.2) is 0 Å². The van der Waals surface area contributed by atoms with Gasteiger partial charge in [-0.15, -0.1) is 11.3 Å². The number of anilines is 1. The van der Waals surface area contributed by atoms with Crippen LogP contribution in [0.2, 0.25) is 0 Å². The minimum Gasteiger partial charge on any atom is -0.481 e. The summed E-state index contributed by atoms with van der Waals surface area (Å²) in [6, 6.07) is 1.74. The Hall–Kier alpha value is -1.69. The number of methoxy groups -OCH3 is 1. The summed E-state index contributed by atoms with van der Waals surface area (Å²) in [5.74, 6) is 1.18. The highest BCUT2D eigenvalue weighted by molar-refractivity contribution is 7.11. The summed E-state index contributed by atoms with van der Waals surface area (Å²) < 4.78 is 5.07. The van der Waals surface area contributed by atoms with Crippen molar-refractivity contribution in [2.24, 2.45) is 0 Å². The molecule has 20 heavy (non-hydrogen) atoms. The maximum absolute atomic E-state index is 5.07. The number of aromatic nitrogens is 3. The average Bonchev–Trinajstić information content (AvgIpc) is 2.90. The van der Waals surface area contributed by atoms with Crippen LogP contribution in [0.15, 0.2) is 12.3 Å². The summed E-state index contributed by atoms with van der Waals surface area (Å²) in [4.78, 5) is 14.6. The van der Waals surface area contributed by atoms with Gasteiger partial charge in [-0.25, -0.2) is 9.97 Å². The Balaban J connectivity index is 1.55. The molecule has 0 unspecified atom stereocenters. The molecular formula is C14H18N4OS. The number of hydrogen-bond donors (Lipinski definition) is 1. The molecule has 0 saturated heterocycles. The molecule has 1 N–H and O–H groups in total. The van der Waals surface area contributed by atoms with Crippen LogP contribution in [0.3, 0.4) is 0 Å². The van der Waals surface area contributed by atoms with Crippen LogP contribution in [-0.2, 0) is 19.3 Å². The molecule has 6 heteroatoms. The summed E-state index contributed by atoms with van der Waals surface area (Å²) in [7, 11) is 1.60. The molecule has 5 nitrogen and oxygen atoms in total. The van der Waals surface area contributed by atoms with Crippen molar-refractivity contribution in [1.29, 1.82) is 0 Å². The van der Waals surface area contributed by atoms with Crippen molar-refractivity contribution in [1.82, 2.24) is 15.0 Å². The number of thiazole rings is 1. The molecule has 106 valence electrons. The lowest BCUT2D eigenvalue weighted by molar-refractivity contribution is 0.397. The zero-order valence-electron chi connectivity index (χ0n) is 11.6. The van der Waals surface area contributed by atoms with Crippen LogP contribution in [0.5, 0.6) is 5.88 Å². The molecule has 0 atom stereocenters. The molecule has 0 spiro atoms. The molecule has 2 heterocycles. The van der Waals surface area contributed by atoms with Gasteiger partial charge in [-0.3, -0.25) is 0 Å². The molecule has 0 radical (unpaired) electrons. The number of ether oxygens (including phenoxy) is 1. The number of nitrogens with zero attached hydrogens (tertiary/aromatic N) is 3. The van der Waals surface area contributed by atoms with E-state index in [1.54, 1.807) is 19.4 Å². The minimum absolute atomic E-state index is 0.576. The van der Waals surface area contributed by atoms with Gasteiger partial charge in [0.25, 0.3) is 0 Å². The van der Waals surface area contributed by atoms with Crippen LogP contribution >= 0.6 is 11.3 Å². The molecule has 1 aliphatic carbocycles. The van der Waals surface area contributed by atoms with Crippen molar-refractivity contribution in [3.63, 3.8) is 0 Å². The van der Waals surface area contributed by atoms with Crippen molar-refractivity contribution in [3.05, 3.63) is 27.8 Å². The van der Waals surface area contributed by atoms with Gasteiger partial charge in [-0.05, 0) is 25.7 Å². The normalized spacial score (nSPS) is 13.8. The molecule has 0 aliphatic heterocycles. The van der Waals surface area contributed by atoms with Gasteiger partial charge in [0.1, 0.15) is 0 Å². The summed E-state index contributed by atoms with van der Waals surface area (Å²) in [6.07, 6.45) is 7.56. The predicted octanol–water partition coefficient (Wildman–Crippen LogP) is 2.48. The lowest BCUT2D eigenvalue weighted by Gasteiger charge is -2.06. The Morgan fingerprint density at radius 1 is 1.30 bits per heavy atom. The number of aryl methyl sites for hydroxylation is 2. The molecule has 0 bridgehead atoms. The van der Waals surface area contributed by atoms with Crippen molar-refractivity contribution in [2.45, 2.75) is 32.1 Å². The van der Waals surface area contributed by atoms with Crippen molar-refractivity contribution >= 4 is 17.3 Å². The second-order valence-electron chi connectivity index (χ2n) is 4.78. The van der Waals surface area contributed by atoms with Gasteiger partial charge >= 0.3 is 0 Å². The van der Waals surface area contributed by atoms with E-state index in [2.05, 4.69) is 15.3 Å². The standard InChI is InChI=1S/C14H18N4OS/c1-19-12-6-8-15-14(18-12)16-9-7-13-17-10-4-2-3-5-11(10)20-13/h6,8H,2-5,7,9H2,1H3,(H,15,16,18). The number of hydrogen-bond acceptors (Lipinski definition) is 6. The van der Waals surface area contributed by atoms with Crippen molar-refractivity contribution in [2.75, 3.05) is 19.0 Å². The monoisotopic (exact) mass is 290 g/mol. The fraction of sp³-hybridized carbons (Fsp3) is 0.500. The van der Waals surface area contributed by atoms with E-state index in [9.17, 15) is 0 Å². The highest BCUT2D eigenvalue weighted by Gasteiger charge is 2.14. The van der Waals surface area contributed by atoms with Crippen LogP contribution in [0, 0.1) is 0 Å². The lowest BCUT2D eigenvalue weighted by Crippen LogP contribution is -2.08. The number of nitrogens with one attached hydrogen (secondary N) is 1. The van der Waals surface area contributed by atoms with Gasteiger partial charge in [0.2, 0.25) is 11.8 Å². The van der Waals surface area contributed by atoms with E-state index in [1.165, 1.54) is 34.8 Å². The van der Waals surface area contributed by atoms with E-state index >= 15 is 0 Å². The van der Waals surface area contributed by atoms with E-state index in [4.69, 9.17) is 9.72 Å². The second kappa shape index (κ2) is 6.17. The van der Waals surface area contributed by atoms with Crippen LogP contribution in [-0.4, -0.2) is 28.6 Å². The molecule has 3 rings (SSSR count). The first-order valence-corrected chi connectivity index (χ1v) is 7.75. The highest BCUT2D eigenvalue weighted by Crippen LogP contribution is 2.26. The highest BCUT2D eigenvalue weighted by atomic mass is 32.1. The molecule has 0 amide bonds. The average molecular weight is 290 g/mol. The van der Waals surface area contributed by atoms with E-state index in [0.29, 0.717) is 11.8 Å². The van der Waals surface area contributed by atoms with Gasteiger partial charge in [-0.2, -0.15) is 4.98 Å². The Morgan fingerprint density at radius 2 is 2.20 bits per heavy atom. The maximum atomic E-state index is 5.07. The van der Waals surface area contributed by atoms with Crippen LogP contribution in [0.4, 0.5) is 5.95 Å². The first-order valence-electron chi connectivity index (χ1n) is 6.93. The largest absolute Gasteiger partial charge is 0.481 e. The maximum Gasteiger partial charge on any atom is 0.225 e. The second-order valence-corrected chi connectivity index (χ2v) is 5.95. The van der Waals surface area contributed by atoms with E-state index in [1.807, 2.05) is 11.3 Å². The molecular weight excluding hydrogens is 272 g/mol. The predicted molar refractivity (Wildman–Crippen MR) is 79.5 cm³/mol. The third kappa shape index (κ3) is 3.07. The van der Waals surface area contributed by atoms with Crippen LogP contribution < -0.4 is 10.1 Å². The van der Waals surface area contributed by atoms with E-state index in [-0.39, 0.29) is 0 Å². The zero-order chi connectivity index (χ0) is 13.8. The summed E-state index contributed by atoms with van der Waals surface area (Å²) in [5.41, 5.74) is 1.33.